The van der Waals surface area contributed by atoms with E-state index in [1.54, 1.807) is 0 Å². The number of rotatable bonds is 3. The summed E-state index contributed by atoms with van der Waals surface area (Å²) < 4.78 is 42.2. The Kier molecular flexibility index (Phi) is 2.98. The summed E-state index contributed by atoms with van der Waals surface area (Å²) in [4.78, 5) is 10.4. The highest BCUT2D eigenvalue weighted by molar-refractivity contribution is 5.81. The van der Waals surface area contributed by atoms with Crippen LogP contribution in [0, 0.1) is 0 Å². The van der Waals surface area contributed by atoms with Gasteiger partial charge < -0.3 is 9.63 Å². The van der Waals surface area contributed by atoms with Gasteiger partial charge in [-0.05, 0) is 18.2 Å². The third-order valence-corrected chi connectivity index (χ3v) is 2.45. The van der Waals surface area contributed by atoms with Crippen molar-refractivity contribution in [1.82, 2.24) is 5.16 Å². The van der Waals surface area contributed by atoms with Crippen LogP contribution in [0.3, 0.4) is 0 Å². The molecular formula is C11H8F3NO3. The molecule has 1 heterocycles. The smallest absolute Gasteiger partial charge is 0.416 e. The fourth-order valence-electron chi connectivity index (χ4n) is 1.57. The second-order valence-electron chi connectivity index (χ2n) is 3.73. The molecule has 1 aromatic heterocycles. The van der Waals surface area contributed by atoms with E-state index in [2.05, 4.69) is 5.16 Å². The molecule has 18 heavy (non-hydrogen) atoms. The van der Waals surface area contributed by atoms with E-state index < -0.39 is 17.7 Å². The largest absolute Gasteiger partial charge is 0.481 e. The van der Waals surface area contributed by atoms with E-state index in [1.807, 2.05) is 0 Å². The molecule has 96 valence electrons. The highest BCUT2D eigenvalue weighted by Gasteiger charge is 2.31. The maximum absolute atomic E-state index is 12.4. The summed E-state index contributed by atoms with van der Waals surface area (Å²) in [5.41, 5.74) is -0.738. The van der Waals surface area contributed by atoms with Crippen LogP contribution in [0.15, 0.2) is 22.7 Å². The lowest BCUT2D eigenvalue weighted by Gasteiger charge is -2.05. The molecule has 0 radical (unpaired) electrons. The Morgan fingerprint density at radius 3 is 2.72 bits per heavy atom. The van der Waals surface area contributed by atoms with Gasteiger partial charge >= 0.3 is 12.1 Å². The average Bonchev–Trinajstić information content (AvgIpc) is 2.67. The van der Waals surface area contributed by atoms with Crippen LogP contribution in [0.5, 0.6) is 0 Å². The van der Waals surface area contributed by atoms with Crippen molar-refractivity contribution in [2.75, 3.05) is 0 Å². The predicted molar refractivity (Wildman–Crippen MR) is 55.0 cm³/mol. The first-order valence-corrected chi connectivity index (χ1v) is 5.05. The lowest BCUT2D eigenvalue weighted by Crippen LogP contribution is -2.04. The number of nitrogens with zero attached hydrogens (tertiary/aromatic N) is 1. The van der Waals surface area contributed by atoms with Crippen LogP contribution in [0.25, 0.3) is 10.9 Å². The number of hydrogen-bond acceptors (Lipinski definition) is 3. The van der Waals surface area contributed by atoms with Crippen LogP contribution < -0.4 is 0 Å². The highest BCUT2D eigenvalue weighted by Crippen LogP contribution is 2.32. The summed E-state index contributed by atoms with van der Waals surface area (Å²) >= 11 is 0. The van der Waals surface area contributed by atoms with Crippen molar-refractivity contribution in [1.29, 1.82) is 0 Å². The molecule has 0 spiro atoms. The van der Waals surface area contributed by atoms with E-state index in [9.17, 15) is 18.0 Å². The summed E-state index contributed by atoms with van der Waals surface area (Å²) in [6.45, 7) is 0. The molecule has 0 saturated carbocycles. The van der Waals surface area contributed by atoms with Crippen LogP contribution in [-0.2, 0) is 17.4 Å². The minimum absolute atomic E-state index is 0.0743. The maximum atomic E-state index is 12.4. The Morgan fingerprint density at radius 1 is 1.39 bits per heavy atom. The molecule has 0 unspecified atom stereocenters. The lowest BCUT2D eigenvalue weighted by atomic mass is 10.1. The van der Waals surface area contributed by atoms with Crippen molar-refractivity contribution in [2.24, 2.45) is 0 Å². The number of alkyl halides is 3. The first-order valence-electron chi connectivity index (χ1n) is 5.05. The van der Waals surface area contributed by atoms with Gasteiger partial charge in [0.15, 0.2) is 0 Å². The molecule has 4 nitrogen and oxygen atoms in total. The first kappa shape index (κ1) is 12.4. The Morgan fingerprint density at radius 2 is 2.11 bits per heavy atom. The average molecular weight is 259 g/mol. The van der Waals surface area contributed by atoms with Gasteiger partial charge in [-0.2, -0.15) is 13.2 Å². The van der Waals surface area contributed by atoms with Gasteiger partial charge in [0.2, 0.25) is 0 Å². The number of hydrogen-bond donors (Lipinski definition) is 1. The zero-order valence-electron chi connectivity index (χ0n) is 8.99. The Bertz CT molecular complexity index is 589. The van der Waals surface area contributed by atoms with Gasteiger partial charge in [-0.25, -0.2) is 0 Å². The fraction of sp³-hybridized carbons (Fsp3) is 0.273. The molecule has 0 aliphatic carbocycles. The summed E-state index contributed by atoms with van der Waals surface area (Å²) in [5.74, 6) is -0.729. The Labute approximate surface area is 99.0 Å². The zero-order valence-corrected chi connectivity index (χ0v) is 8.99. The van der Waals surface area contributed by atoms with Crippen LogP contribution >= 0.6 is 0 Å². The van der Waals surface area contributed by atoms with E-state index in [0.717, 1.165) is 12.1 Å². The minimum Gasteiger partial charge on any atom is -0.481 e. The van der Waals surface area contributed by atoms with E-state index in [0.29, 0.717) is 5.39 Å². The van der Waals surface area contributed by atoms with E-state index >= 15 is 0 Å². The van der Waals surface area contributed by atoms with Crippen LogP contribution in [0.4, 0.5) is 13.2 Å². The minimum atomic E-state index is -4.44. The molecule has 0 bridgehead atoms. The second-order valence-corrected chi connectivity index (χ2v) is 3.73. The zero-order chi connectivity index (χ0) is 13.3. The second kappa shape index (κ2) is 4.32. The SMILES string of the molecule is O=C(O)CCc1onc2cc(C(F)(F)F)ccc12. The molecule has 0 saturated heterocycles. The number of fused-ring (bicyclic) bond motifs is 1. The monoisotopic (exact) mass is 259 g/mol. The fourth-order valence-corrected chi connectivity index (χ4v) is 1.57. The van der Waals surface area contributed by atoms with E-state index in [-0.39, 0.29) is 24.1 Å². The van der Waals surface area contributed by atoms with Gasteiger partial charge in [0.1, 0.15) is 11.3 Å². The van der Waals surface area contributed by atoms with Crippen molar-refractivity contribution in [3.63, 3.8) is 0 Å². The van der Waals surface area contributed by atoms with Gasteiger partial charge in [-0.1, -0.05) is 5.16 Å². The molecule has 2 aromatic rings. The van der Waals surface area contributed by atoms with Gasteiger partial charge in [0.05, 0.1) is 12.0 Å². The highest BCUT2D eigenvalue weighted by atomic mass is 19.4. The number of aryl methyl sites for hydroxylation is 1. The van der Waals surface area contributed by atoms with Gasteiger partial charge in [-0.15, -0.1) is 0 Å². The molecule has 7 heteroatoms. The number of benzene rings is 1. The quantitative estimate of drug-likeness (QED) is 0.920. The number of halogens is 3. The Balaban J connectivity index is 2.35. The van der Waals surface area contributed by atoms with E-state index in [4.69, 9.17) is 9.63 Å². The third kappa shape index (κ3) is 2.44. The summed E-state index contributed by atoms with van der Waals surface area (Å²) in [7, 11) is 0. The molecule has 0 fully saturated rings. The predicted octanol–water partition coefficient (Wildman–Crippen LogP) is 2.86. The van der Waals surface area contributed by atoms with Crippen molar-refractivity contribution < 1.29 is 27.6 Å². The van der Waals surface area contributed by atoms with Gasteiger partial charge in [-0.3, -0.25) is 4.79 Å². The maximum Gasteiger partial charge on any atom is 0.416 e. The van der Waals surface area contributed by atoms with Crippen LogP contribution in [0.1, 0.15) is 17.7 Å². The van der Waals surface area contributed by atoms with Crippen LogP contribution in [-0.4, -0.2) is 16.2 Å². The molecule has 0 aliphatic rings. The summed E-state index contributed by atoms with van der Waals surface area (Å²) in [5, 5.41) is 12.4. The third-order valence-electron chi connectivity index (χ3n) is 2.45. The normalized spacial score (nSPS) is 11.9. The Hall–Kier alpha value is -2.05. The van der Waals surface area contributed by atoms with Crippen LogP contribution in [0.2, 0.25) is 0 Å². The standard InChI is InChI=1S/C11H8F3NO3/c12-11(13,14)6-1-2-7-8(5-6)15-18-9(7)3-4-10(16)17/h1-2,5H,3-4H2,(H,16,17). The molecule has 1 N–H and O–H groups in total. The molecule has 1 aromatic carbocycles. The molecular weight excluding hydrogens is 251 g/mol. The topological polar surface area (TPSA) is 63.3 Å². The van der Waals surface area contributed by atoms with Crippen molar-refractivity contribution in [3.8, 4) is 0 Å². The number of carboxylic acid groups (broad SMARTS) is 1. The number of aliphatic carboxylic acids is 1. The lowest BCUT2D eigenvalue weighted by molar-refractivity contribution is -0.138. The molecule has 0 amide bonds. The summed E-state index contributed by atoms with van der Waals surface area (Å²) in [6.07, 6.45) is -4.50. The number of carboxylic acids is 1. The molecule has 0 atom stereocenters. The van der Waals surface area contributed by atoms with Crippen molar-refractivity contribution in [3.05, 3.63) is 29.5 Å². The van der Waals surface area contributed by atoms with Gasteiger partial charge in [0.25, 0.3) is 0 Å². The molecule has 2 rings (SSSR count). The number of aromatic nitrogens is 1. The first-order chi connectivity index (χ1) is 8.38. The van der Waals surface area contributed by atoms with Gasteiger partial charge in [0, 0.05) is 11.8 Å². The molecule has 0 aliphatic heterocycles. The van der Waals surface area contributed by atoms with Crippen molar-refractivity contribution >= 4 is 16.9 Å². The van der Waals surface area contributed by atoms with E-state index in [1.165, 1.54) is 6.07 Å². The summed E-state index contributed by atoms with van der Waals surface area (Å²) in [6, 6.07) is 3.04. The number of carbonyl (C=O) groups is 1. The van der Waals surface area contributed by atoms with Crippen molar-refractivity contribution in [2.45, 2.75) is 19.0 Å².